The van der Waals surface area contributed by atoms with Crippen LogP contribution in [-0.4, -0.2) is 39.0 Å². The third-order valence-electron chi connectivity index (χ3n) is 5.63. The zero-order valence-corrected chi connectivity index (χ0v) is 16.3. The molecular weight excluding hydrogens is 370 g/mol. The highest BCUT2D eigenvalue weighted by Crippen LogP contribution is 2.28. The molecule has 2 aromatic heterocycles. The maximum Gasteiger partial charge on any atom is 0.272 e. The minimum Gasteiger partial charge on any atom is -0.497 e. The van der Waals surface area contributed by atoms with Crippen molar-refractivity contribution in [1.29, 1.82) is 0 Å². The molecule has 0 unspecified atom stereocenters. The molecular formula is C21H23N5O3. The Bertz CT molecular complexity index is 1050. The molecule has 0 fully saturated rings. The van der Waals surface area contributed by atoms with Crippen molar-refractivity contribution in [2.45, 2.75) is 38.5 Å². The largest absolute Gasteiger partial charge is 0.497 e. The van der Waals surface area contributed by atoms with Crippen molar-refractivity contribution >= 4 is 5.91 Å². The predicted octanol–water partition coefficient (Wildman–Crippen LogP) is 2.42. The average molecular weight is 393 g/mol. The monoisotopic (exact) mass is 393 g/mol. The summed E-state index contributed by atoms with van der Waals surface area (Å²) < 4.78 is 15.0. The number of imidazole rings is 1. The molecule has 2 aliphatic heterocycles. The van der Waals surface area contributed by atoms with Crippen molar-refractivity contribution < 1.29 is 14.3 Å². The van der Waals surface area contributed by atoms with Crippen LogP contribution in [0.1, 0.15) is 46.3 Å². The molecule has 0 radical (unpaired) electrons. The SMILES string of the molecule is COc1cccc(-n2ncc3c2COC[C@H]3NC(=O)c2ncn3c2CCCC3)c1. The van der Waals surface area contributed by atoms with E-state index in [1.807, 2.05) is 35.1 Å². The number of aromatic nitrogens is 4. The van der Waals surface area contributed by atoms with Crippen LogP contribution in [0.25, 0.3) is 5.69 Å². The Kier molecular flexibility index (Phi) is 4.55. The van der Waals surface area contributed by atoms with Crippen LogP contribution in [0.5, 0.6) is 5.75 Å². The number of benzene rings is 1. The lowest BCUT2D eigenvalue weighted by atomic mass is 10.0. The molecule has 8 heteroatoms. The zero-order chi connectivity index (χ0) is 19.8. The molecule has 0 saturated carbocycles. The Balaban J connectivity index is 1.41. The van der Waals surface area contributed by atoms with Crippen LogP contribution in [-0.2, 0) is 24.3 Å². The van der Waals surface area contributed by atoms with E-state index in [1.165, 1.54) is 0 Å². The first-order valence-corrected chi connectivity index (χ1v) is 9.88. The van der Waals surface area contributed by atoms with Gasteiger partial charge in [0.05, 0.1) is 56.0 Å². The second-order valence-corrected chi connectivity index (χ2v) is 7.39. The minimum atomic E-state index is -0.258. The molecule has 0 spiro atoms. The summed E-state index contributed by atoms with van der Waals surface area (Å²) in [6, 6.07) is 7.45. The lowest BCUT2D eigenvalue weighted by Gasteiger charge is -2.24. The Hall–Kier alpha value is -3.13. The van der Waals surface area contributed by atoms with Crippen molar-refractivity contribution in [3.8, 4) is 11.4 Å². The molecule has 2 aliphatic rings. The number of carbonyl (C=O) groups is 1. The number of amides is 1. The Morgan fingerprint density at radius 1 is 1.31 bits per heavy atom. The van der Waals surface area contributed by atoms with Crippen LogP contribution in [0.4, 0.5) is 0 Å². The highest BCUT2D eigenvalue weighted by Gasteiger charge is 2.29. The topological polar surface area (TPSA) is 83.2 Å². The summed E-state index contributed by atoms with van der Waals surface area (Å²) >= 11 is 0. The van der Waals surface area contributed by atoms with E-state index >= 15 is 0 Å². The van der Waals surface area contributed by atoms with Gasteiger partial charge < -0.3 is 19.4 Å². The van der Waals surface area contributed by atoms with Crippen LogP contribution in [0.2, 0.25) is 0 Å². The van der Waals surface area contributed by atoms with E-state index in [1.54, 1.807) is 13.4 Å². The molecule has 4 heterocycles. The standard InChI is InChI=1S/C21H23N5O3/c1-28-15-6-4-5-14(9-15)26-19-12-29-11-17(16(19)10-23-26)24-21(27)20-18-7-2-3-8-25(18)13-22-20/h4-6,9-10,13,17H,2-3,7-8,11-12H2,1H3,(H,24,27)/t17-/m1/s1. The molecule has 1 aromatic carbocycles. The summed E-state index contributed by atoms with van der Waals surface area (Å²) in [7, 11) is 1.64. The van der Waals surface area contributed by atoms with Gasteiger partial charge in [-0.15, -0.1) is 0 Å². The van der Waals surface area contributed by atoms with Gasteiger partial charge >= 0.3 is 0 Å². The van der Waals surface area contributed by atoms with Gasteiger partial charge in [-0.2, -0.15) is 5.10 Å². The molecule has 0 aliphatic carbocycles. The number of rotatable bonds is 4. The van der Waals surface area contributed by atoms with Crippen molar-refractivity contribution in [3.05, 3.63) is 59.4 Å². The summed E-state index contributed by atoms with van der Waals surface area (Å²) in [6.07, 6.45) is 6.70. The molecule has 1 amide bonds. The summed E-state index contributed by atoms with van der Waals surface area (Å²) in [6.45, 7) is 1.79. The Morgan fingerprint density at radius 3 is 3.14 bits per heavy atom. The van der Waals surface area contributed by atoms with Gasteiger partial charge in [0.15, 0.2) is 0 Å². The Labute approximate surface area is 168 Å². The molecule has 1 atom stereocenters. The number of carbonyl (C=O) groups excluding carboxylic acids is 1. The number of hydrogen-bond donors (Lipinski definition) is 1. The van der Waals surface area contributed by atoms with Crippen molar-refractivity contribution in [2.75, 3.05) is 13.7 Å². The lowest BCUT2D eigenvalue weighted by molar-refractivity contribution is 0.0684. The van der Waals surface area contributed by atoms with E-state index in [0.717, 1.165) is 54.2 Å². The van der Waals surface area contributed by atoms with E-state index in [2.05, 4.69) is 20.0 Å². The molecule has 3 aromatic rings. The third-order valence-corrected chi connectivity index (χ3v) is 5.63. The fourth-order valence-electron chi connectivity index (χ4n) is 4.12. The van der Waals surface area contributed by atoms with Crippen LogP contribution < -0.4 is 10.1 Å². The van der Waals surface area contributed by atoms with Crippen LogP contribution in [0.15, 0.2) is 36.8 Å². The molecule has 5 rings (SSSR count). The van der Waals surface area contributed by atoms with Crippen molar-refractivity contribution in [3.63, 3.8) is 0 Å². The summed E-state index contributed by atoms with van der Waals surface area (Å²) in [5.41, 5.74) is 4.35. The third kappa shape index (κ3) is 3.19. The molecule has 0 bridgehead atoms. The smallest absolute Gasteiger partial charge is 0.272 e. The number of nitrogens with one attached hydrogen (secondary N) is 1. The number of ether oxygens (including phenoxy) is 2. The number of methoxy groups -OCH3 is 1. The summed E-state index contributed by atoms with van der Waals surface area (Å²) in [4.78, 5) is 17.3. The minimum absolute atomic E-state index is 0.156. The molecule has 0 saturated heterocycles. The molecule has 150 valence electrons. The number of aryl methyl sites for hydroxylation is 1. The number of fused-ring (bicyclic) bond motifs is 2. The molecule has 8 nitrogen and oxygen atoms in total. The quantitative estimate of drug-likeness (QED) is 0.736. The highest BCUT2D eigenvalue weighted by molar-refractivity contribution is 5.93. The summed E-state index contributed by atoms with van der Waals surface area (Å²) in [5.74, 6) is 0.606. The zero-order valence-electron chi connectivity index (χ0n) is 16.3. The van der Waals surface area contributed by atoms with E-state index in [0.29, 0.717) is 18.9 Å². The van der Waals surface area contributed by atoms with Gasteiger partial charge in [-0.05, 0) is 31.4 Å². The fraction of sp³-hybridized carbons (Fsp3) is 0.381. The average Bonchev–Trinajstić information content (AvgIpc) is 3.39. The Morgan fingerprint density at radius 2 is 2.24 bits per heavy atom. The van der Waals surface area contributed by atoms with Crippen molar-refractivity contribution in [1.82, 2.24) is 24.6 Å². The van der Waals surface area contributed by atoms with E-state index in [-0.39, 0.29) is 11.9 Å². The van der Waals surface area contributed by atoms with Crippen LogP contribution in [0, 0.1) is 0 Å². The highest BCUT2D eigenvalue weighted by atomic mass is 16.5. The first kappa shape index (κ1) is 17.9. The van der Waals surface area contributed by atoms with Gasteiger partial charge in [0.25, 0.3) is 5.91 Å². The van der Waals surface area contributed by atoms with Gasteiger partial charge in [-0.3, -0.25) is 4.79 Å². The van der Waals surface area contributed by atoms with Gasteiger partial charge in [0.1, 0.15) is 11.4 Å². The van der Waals surface area contributed by atoms with Gasteiger partial charge in [0.2, 0.25) is 0 Å². The van der Waals surface area contributed by atoms with Gasteiger partial charge in [-0.1, -0.05) is 6.07 Å². The predicted molar refractivity (Wildman–Crippen MR) is 105 cm³/mol. The van der Waals surface area contributed by atoms with Crippen LogP contribution in [0.3, 0.4) is 0 Å². The van der Waals surface area contributed by atoms with Gasteiger partial charge in [-0.25, -0.2) is 9.67 Å². The number of nitrogens with zero attached hydrogens (tertiary/aromatic N) is 4. The number of hydrogen-bond acceptors (Lipinski definition) is 5. The van der Waals surface area contributed by atoms with E-state index < -0.39 is 0 Å². The van der Waals surface area contributed by atoms with Crippen molar-refractivity contribution in [2.24, 2.45) is 0 Å². The van der Waals surface area contributed by atoms with E-state index in [4.69, 9.17) is 9.47 Å². The second kappa shape index (κ2) is 7.36. The van der Waals surface area contributed by atoms with Crippen LogP contribution >= 0.6 is 0 Å². The van der Waals surface area contributed by atoms with E-state index in [9.17, 15) is 4.79 Å². The summed E-state index contributed by atoms with van der Waals surface area (Å²) in [5, 5.41) is 7.64. The van der Waals surface area contributed by atoms with Gasteiger partial charge in [0, 0.05) is 18.2 Å². The fourth-order valence-corrected chi connectivity index (χ4v) is 4.12. The first-order valence-electron chi connectivity index (χ1n) is 9.88. The maximum absolute atomic E-state index is 12.9. The first-order chi connectivity index (χ1) is 14.2. The molecule has 1 N–H and O–H groups in total. The normalized spacial score (nSPS) is 18.0. The second-order valence-electron chi connectivity index (χ2n) is 7.39. The molecule has 29 heavy (non-hydrogen) atoms. The lowest BCUT2D eigenvalue weighted by Crippen LogP contribution is -2.35. The maximum atomic E-state index is 12.9.